The predicted molar refractivity (Wildman–Crippen MR) is 144 cm³/mol. The number of nitrogens with zero attached hydrogens (tertiary/aromatic N) is 5. The Balaban J connectivity index is 1.29. The fourth-order valence-electron chi connectivity index (χ4n) is 4.67. The second kappa shape index (κ2) is 10.4. The van der Waals surface area contributed by atoms with Crippen molar-refractivity contribution in [3.8, 4) is 5.69 Å². The molecule has 4 aromatic rings. The van der Waals surface area contributed by atoms with Crippen LogP contribution in [0, 0.1) is 0 Å². The first-order chi connectivity index (χ1) is 17.5. The third-order valence-corrected chi connectivity index (χ3v) is 6.95. The maximum Gasteiger partial charge on any atom is 0.351 e. The number of hydrogen-bond acceptors (Lipinski definition) is 5. The highest BCUT2D eigenvalue weighted by Gasteiger charge is 2.24. The zero-order valence-corrected chi connectivity index (χ0v) is 20.9. The van der Waals surface area contributed by atoms with Gasteiger partial charge in [0.15, 0.2) is 5.78 Å². The molecule has 1 aliphatic rings. The molecular formula is C28H28ClN5O2. The third kappa shape index (κ3) is 4.79. The number of carbonyl (C=O) groups is 1. The summed E-state index contributed by atoms with van der Waals surface area (Å²) in [7, 11) is 0. The molecule has 1 atom stereocenters. The molecule has 1 aliphatic heterocycles. The zero-order valence-electron chi connectivity index (χ0n) is 20.1. The molecular weight excluding hydrogens is 474 g/mol. The third-order valence-electron chi connectivity index (χ3n) is 6.70. The van der Waals surface area contributed by atoms with E-state index in [1.807, 2.05) is 37.3 Å². The Hall–Kier alpha value is -3.84. The quantitative estimate of drug-likeness (QED) is 0.339. The SMILES string of the molecule is CCC(C(=O)c1ccc(Cl)cc1)n1ncn(-c2ccc(N3CCN(c4ccccc4)CC3)cc2)c1=O. The van der Waals surface area contributed by atoms with E-state index in [0.717, 1.165) is 31.9 Å². The molecule has 36 heavy (non-hydrogen) atoms. The van der Waals surface area contributed by atoms with Gasteiger partial charge in [0.05, 0.1) is 5.69 Å². The van der Waals surface area contributed by atoms with Crippen molar-refractivity contribution in [1.29, 1.82) is 0 Å². The van der Waals surface area contributed by atoms with Crippen molar-refractivity contribution in [2.24, 2.45) is 0 Å². The van der Waals surface area contributed by atoms with Crippen LogP contribution in [0.3, 0.4) is 0 Å². The van der Waals surface area contributed by atoms with Gasteiger partial charge in [-0.3, -0.25) is 4.79 Å². The summed E-state index contributed by atoms with van der Waals surface area (Å²) in [5, 5.41) is 4.84. The number of ketones is 1. The lowest BCUT2D eigenvalue weighted by molar-refractivity contribution is 0.0911. The van der Waals surface area contributed by atoms with Gasteiger partial charge in [-0.05, 0) is 67.1 Å². The van der Waals surface area contributed by atoms with E-state index in [9.17, 15) is 9.59 Å². The maximum atomic E-state index is 13.2. The summed E-state index contributed by atoms with van der Waals surface area (Å²) < 4.78 is 2.75. The van der Waals surface area contributed by atoms with Crippen molar-refractivity contribution < 1.29 is 4.79 Å². The fraction of sp³-hybridized carbons (Fsp3) is 0.250. The van der Waals surface area contributed by atoms with E-state index in [1.165, 1.54) is 21.3 Å². The molecule has 0 radical (unpaired) electrons. The molecule has 0 amide bonds. The topological polar surface area (TPSA) is 63.4 Å². The van der Waals surface area contributed by atoms with Crippen LogP contribution < -0.4 is 15.5 Å². The number of aromatic nitrogens is 3. The van der Waals surface area contributed by atoms with E-state index in [-0.39, 0.29) is 11.5 Å². The molecule has 0 saturated carbocycles. The predicted octanol–water partition coefficient (Wildman–Crippen LogP) is 4.85. The van der Waals surface area contributed by atoms with Crippen LogP contribution in [-0.4, -0.2) is 46.3 Å². The molecule has 3 aromatic carbocycles. The number of hydrogen-bond donors (Lipinski definition) is 0. The normalized spacial score (nSPS) is 14.6. The van der Waals surface area contributed by atoms with Gasteiger partial charge in [0.1, 0.15) is 12.4 Å². The number of rotatable bonds is 7. The largest absolute Gasteiger partial charge is 0.368 e. The highest BCUT2D eigenvalue weighted by Crippen LogP contribution is 2.22. The number of benzene rings is 3. The Bertz CT molecular complexity index is 1370. The summed E-state index contributed by atoms with van der Waals surface area (Å²) in [5.74, 6) is -0.161. The summed E-state index contributed by atoms with van der Waals surface area (Å²) in [6.45, 7) is 5.64. The second-order valence-electron chi connectivity index (χ2n) is 8.85. The van der Waals surface area contributed by atoms with Crippen LogP contribution in [0.1, 0.15) is 29.7 Å². The lowest BCUT2D eigenvalue weighted by Crippen LogP contribution is -2.46. The Morgan fingerprint density at radius 1 is 0.833 bits per heavy atom. The number of carbonyl (C=O) groups excluding carboxylic acids is 1. The molecule has 0 spiro atoms. The maximum absolute atomic E-state index is 13.2. The first-order valence-electron chi connectivity index (χ1n) is 12.2. The molecule has 184 valence electrons. The van der Waals surface area contributed by atoms with E-state index in [0.29, 0.717) is 22.7 Å². The number of Topliss-reactive ketones (excluding diaryl/α,β-unsaturated/α-hetero) is 1. The Kier molecular flexibility index (Phi) is 6.91. The van der Waals surface area contributed by atoms with Crippen molar-refractivity contribution in [1.82, 2.24) is 14.3 Å². The molecule has 2 heterocycles. The van der Waals surface area contributed by atoms with E-state index in [1.54, 1.807) is 24.3 Å². The Morgan fingerprint density at radius 3 is 1.97 bits per heavy atom. The number of para-hydroxylation sites is 1. The molecule has 8 heteroatoms. The van der Waals surface area contributed by atoms with Crippen molar-refractivity contribution in [3.63, 3.8) is 0 Å². The van der Waals surface area contributed by atoms with Crippen molar-refractivity contribution >= 4 is 28.8 Å². The van der Waals surface area contributed by atoms with Crippen molar-refractivity contribution in [2.45, 2.75) is 19.4 Å². The van der Waals surface area contributed by atoms with E-state index in [2.05, 4.69) is 39.2 Å². The Labute approximate surface area is 215 Å². The molecule has 0 N–H and O–H groups in total. The van der Waals surface area contributed by atoms with Crippen LogP contribution >= 0.6 is 11.6 Å². The van der Waals surface area contributed by atoms with Crippen LogP contribution in [0.2, 0.25) is 5.02 Å². The van der Waals surface area contributed by atoms with Crippen LogP contribution in [0.5, 0.6) is 0 Å². The van der Waals surface area contributed by atoms with Gasteiger partial charge < -0.3 is 9.80 Å². The minimum Gasteiger partial charge on any atom is -0.368 e. The molecule has 1 aromatic heterocycles. The summed E-state index contributed by atoms with van der Waals surface area (Å²) in [5.41, 5.74) is 3.25. The Morgan fingerprint density at radius 2 is 1.39 bits per heavy atom. The summed E-state index contributed by atoms with van der Waals surface area (Å²) in [6, 6.07) is 24.4. The van der Waals surface area contributed by atoms with E-state index < -0.39 is 6.04 Å². The molecule has 0 aliphatic carbocycles. The molecule has 5 rings (SSSR count). The monoisotopic (exact) mass is 501 g/mol. The van der Waals surface area contributed by atoms with Crippen LogP contribution in [0.15, 0.2) is 90.0 Å². The van der Waals surface area contributed by atoms with Gasteiger partial charge in [-0.1, -0.05) is 36.7 Å². The van der Waals surface area contributed by atoms with Crippen LogP contribution in [-0.2, 0) is 0 Å². The highest BCUT2D eigenvalue weighted by molar-refractivity contribution is 6.30. The van der Waals surface area contributed by atoms with Crippen LogP contribution in [0.25, 0.3) is 5.69 Å². The molecule has 1 unspecified atom stereocenters. The van der Waals surface area contributed by atoms with Crippen molar-refractivity contribution in [2.75, 3.05) is 36.0 Å². The van der Waals surface area contributed by atoms with Gasteiger partial charge in [0, 0.05) is 48.1 Å². The standard InChI is InChI=1S/C28H28ClN5O2/c1-2-26(27(35)21-8-10-22(29)11-9-21)34-28(36)33(20-30-34)25-14-12-24(13-15-25)32-18-16-31(17-19-32)23-6-4-3-5-7-23/h3-15,20,26H,2,16-19H2,1H3. The molecule has 1 saturated heterocycles. The van der Waals surface area contributed by atoms with Gasteiger partial charge in [0.2, 0.25) is 0 Å². The average Bonchev–Trinajstić information content (AvgIpc) is 3.31. The highest BCUT2D eigenvalue weighted by atomic mass is 35.5. The number of anilines is 2. The smallest absolute Gasteiger partial charge is 0.351 e. The first-order valence-corrected chi connectivity index (χ1v) is 12.5. The second-order valence-corrected chi connectivity index (χ2v) is 9.29. The van der Waals surface area contributed by atoms with Gasteiger partial charge in [0.25, 0.3) is 0 Å². The van der Waals surface area contributed by atoms with Crippen LogP contribution in [0.4, 0.5) is 11.4 Å². The average molecular weight is 502 g/mol. The van der Waals surface area contributed by atoms with Gasteiger partial charge >= 0.3 is 5.69 Å². The number of halogens is 1. The van der Waals surface area contributed by atoms with Gasteiger partial charge in [-0.25, -0.2) is 14.0 Å². The van der Waals surface area contributed by atoms with Crippen molar-refractivity contribution in [3.05, 3.63) is 106 Å². The molecule has 7 nitrogen and oxygen atoms in total. The lowest BCUT2D eigenvalue weighted by Gasteiger charge is -2.37. The van der Waals surface area contributed by atoms with E-state index >= 15 is 0 Å². The first kappa shape index (κ1) is 23.9. The minimum absolute atomic E-state index is 0.161. The van der Waals surface area contributed by atoms with Gasteiger partial charge in [-0.2, -0.15) is 5.10 Å². The van der Waals surface area contributed by atoms with Gasteiger partial charge in [-0.15, -0.1) is 0 Å². The summed E-state index contributed by atoms with van der Waals surface area (Å²) >= 11 is 5.95. The fourth-order valence-corrected chi connectivity index (χ4v) is 4.79. The summed E-state index contributed by atoms with van der Waals surface area (Å²) in [6.07, 6.45) is 1.93. The summed E-state index contributed by atoms with van der Waals surface area (Å²) in [4.78, 5) is 31.0. The molecule has 1 fully saturated rings. The number of piperazine rings is 1. The lowest BCUT2D eigenvalue weighted by atomic mass is 10.0. The zero-order chi connectivity index (χ0) is 25.1. The minimum atomic E-state index is -0.680. The molecule has 0 bridgehead atoms. The van der Waals surface area contributed by atoms with E-state index in [4.69, 9.17) is 11.6 Å².